The van der Waals surface area contributed by atoms with Gasteiger partial charge in [0.2, 0.25) is 10.0 Å². The van der Waals surface area contributed by atoms with Crippen LogP contribution in [0.5, 0.6) is 0 Å². The van der Waals surface area contributed by atoms with Gasteiger partial charge in [0.15, 0.2) is 0 Å². The number of piperidine rings is 1. The minimum atomic E-state index is -3.63. The Bertz CT molecular complexity index is 577. The number of rotatable bonds is 4. The van der Waals surface area contributed by atoms with Crippen LogP contribution in [0.25, 0.3) is 0 Å². The van der Waals surface area contributed by atoms with Gasteiger partial charge in [0.25, 0.3) is 0 Å². The largest absolute Gasteiger partial charge is 0.398 e. The van der Waals surface area contributed by atoms with Crippen molar-refractivity contribution in [3.05, 3.63) is 23.2 Å². The summed E-state index contributed by atoms with van der Waals surface area (Å²) < 4.78 is 27.5. The van der Waals surface area contributed by atoms with E-state index in [1.807, 2.05) is 0 Å². The number of sulfonamides is 1. The third kappa shape index (κ3) is 3.63. The molecule has 1 saturated heterocycles. The number of nitrogens with one attached hydrogen (secondary N) is 1. The first kappa shape index (κ1) is 15.6. The van der Waals surface area contributed by atoms with Gasteiger partial charge in [-0.25, -0.2) is 13.1 Å². The number of nitrogen functional groups attached to an aromatic ring is 1. The predicted octanol–water partition coefficient (Wildman–Crippen LogP) is 1.68. The summed E-state index contributed by atoms with van der Waals surface area (Å²) in [6, 6.07) is 4.40. The van der Waals surface area contributed by atoms with Gasteiger partial charge in [0.05, 0.1) is 5.69 Å². The molecule has 1 unspecified atom stereocenters. The lowest BCUT2D eigenvalue weighted by Gasteiger charge is -2.32. The van der Waals surface area contributed by atoms with E-state index in [2.05, 4.69) is 16.5 Å². The molecule has 0 aliphatic carbocycles. The van der Waals surface area contributed by atoms with Crippen molar-refractivity contribution < 1.29 is 8.42 Å². The molecule has 2 rings (SSSR count). The summed E-state index contributed by atoms with van der Waals surface area (Å²) in [5.74, 6) is 0. The van der Waals surface area contributed by atoms with Crippen LogP contribution >= 0.6 is 11.6 Å². The predicted molar refractivity (Wildman–Crippen MR) is 81.3 cm³/mol. The Balaban J connectivity index is 2.16. The maximum Gasteiger partial charge on any atom is 0.242 e. The second kappa shape index (κ2) is 6.30. The minimum absolute atomic E-state index is 0.0543. The van der Waals surface area contributed by atoms with Crippen LogP contribution in [0.2, 0.25) is 5.02 Å². The van der Waals surface area contributed by atoms with Gasteiger partial charge in [-0.1, -0.05) is 18.5 Å². The molecule has 0 saturated carbocycles. The van der Waals surface area contributed by atoms with Gasteiger partial charge in [0, 0.05) is 17.6 Å². The van der Waals surface area contributed by atoms with E-state index < -0.39 is 10.0 Å². The zero-order valence-electron chi connectivity index (χ0n) is 11.5. The molecular weight excluding hydrogens is 298 g/mol. The Morgan fingerprint density at radius 2 is 2.25 bits per heavy atom. The van der Waals surface area contributed by atoms with Gasteiger partial charge >= 0.3 is 0 Å². The lowest BCUT2D eigenvalue weighted by Crippen LogP contribution is -2.47. The van der Waals surface area contributed by atoms with E-state index in [9.17, 15) is 8.42 Å². The van der Waals surface area contributed by atoms with Crippen LogP contribution in [0.15, 0.2) is 23.1 Å². The maximum atomic E-state index is 12.4. The second-order valence-corrected chi connectivity index (χ2v) is 7.15. The van der Waals surface area contributed by atoms with Crippen molar-refractivity contribution in [3.8, 4) is 0 Å². The smallest absolute Gasteiger partial charge is 0.242 e. The number of nitrogens with two attached hydrogens (primary N) is 1. The molecule has 0 amide bonds. The Kier molecular flexibility index (Phi) is 4.90. The van der Waals surface area contributed by atoms with E-state index in [-0.39, 0.29) is 16.6 Å². The normalized spacial score (nSPS) is 21.0. The first-order valence-corrected chi connectivity index (χ1v) is 8.58. The summed E-state index contributed by atoms with van der Waals surface area (Å²) in [7, 11) is -3.63. The standard InChI is InChI=1S/C13H20ClN3O2S/c1-2-17-7-3-4-11(9-17)16-20(18,19)13-8-10(14)5-6-12(13)15/h5-6,8,11,16H,2-4,7,9,15H2,1H3. The molecule has 112 valence electrons. The second-order valence-electron chi connectivity index (χ2n) is 5.04. The molecule has 3 N–H and O–H groups in total. The van der Waals surface area contributed by atoms with E-state index in [0.717, 1.165) is 32.5 Å². The summed E-state index contributed by atoms with van der Waals surface area (Å²) in [6.07, 6.45) is 1.84. The molecule has 5 nitrogen and oxygen atoms in total. The van der Waals surface area contributed by atoms with Crippen molar-refractivity contribution >= 4 is 27.3 Å². The van der Waals surface area contributed by atoms with Gasteiger partial charge in [-0.05, 0) is 44.1 Å². The van der Waals surface area contributed by atoms with E-state index in [1.54, 1.807) is 6.07 Å². The number of hydrogen-bond donors (Lipinski definition) is 2. The van der Waals surface area contributed by atoms with Crippen molar-refractivity contribution in [2.45, 2.75) is 30.7 Å². The fourth-order valence-corrected chi connectivity index (χ4v) is 4.12. The van der Waals surface area contributed by atoms with E-state index >= 15 is 0 Å². The van der Waals surface area contributed by atoms with Crippen molar-refractivity contribution in [1.29, 1.82) is 0 Å². The first-order valence-electron chi connectivity index (χ1n) is 6.72. The van der Waals surface area contributed by atoms with Crippen molar-refractivity contribution in [2.75, 3.05) is 25.4 Å². The molecule has 1 aliphatic rings. The monoisotopic (exact) mass is 317 g/mol. The highest BCUT2D eigenvalue weighted by Gasteiger charge is 2.26. The SMILES string of the molecule is CCN1CCCC(NS(=O)(=O)c2cc(Cl)ccc2N)C1. The lowest BCUT2D eigenvalue weighted by atomic mass is 10.1. The molecule has 0 radical (unpaired) electrons. The first-order chi connectivity index (χ1) is 9.42. The molecule has 1 aliphatic heterocycles. The Labute approximate surface area is 125 Å². The molecule has 1 aromatic carbocycles. The van der Waals surface area contributed by atoms with Crippen molar-refractivity contribution in [2.24, 2.45) is 0 Å². The number of halogens is 1. The Hall–Kier alpha value is -0.820. The summed E-state index contributed by atoms with van der Waals surface area (Å²) in [5.41, 5.74) is 5.96. The van der Waals surface area contributed by atoms with Crippen LogP contribution in [0, 0.1) is 0 Å². The molecule has 1 atom stereocenters. The number of anilines is 1. The number of nitrogens with zero attached hydrogens (tertiary/aromatic N) is 1. The van der Waals surface area contributed by atoms with Crippen molar-refractivity contribution in [1.82, 2.24) is 9.62 Å². The van der Waals surface area contributed by atoms with Crippen LogP contribution < -0.4 is 10.5 Å². The molecule has 0 spiro atoms. The van der Waals surface area contributed by atoms with Crippen LogP contribution in [-0.4, -0.2) is 39.0 Å². The summed E-state index contributed by atoms with van der Waals surface area (Å²) in [5, 5.41) is 0.360. The fourth-order valence-electron chi connectivity index (χ4n) is 2.46. The fraction of sp³-hybridized carbons (Fsp3) is 0.538. The molecule has 7 heteroatoms. The highest BCUT2D eigenvalue weighted by molar-refractivity contribution is 7.89. The highest BCUT2D eigenvalue weighted by Crippen LogP contribution is 2.23. The summed E-state index contributed by atoms with van der Waals surface area (Å²) in [6.45, 7) is 4.76. The third-order valence-corrected chi connectivity index (χ3v) is 5.35. The minimum Gasteiger partial charge on any atom is -0.398 e. The molecule has 0 aromatic heterocycles. The van der Waals surface area contributed by atoms with Crippen LogP contribution in [0.3, 0.4) is 0 Å². The Morgan fingerprint density at radius 1 is 1.50 bits per heavy atom. The third-order valence-electron chi connectivity index (χ3n) is 3.54. The summed E-state index contributed by atoms with van der Waals surface area (Å²) in [4.78, 5) is 2.29. The topological polar surface area (TPSA) is 75.4 Å². The van der Waals surface area contributed by atoms with Gasteiger partial charge in [-0.2, -0.15) is 0 Å². The number of benzene rings is 1. The van der Waals surface area contributed by atoms with Gasteiger partial charge < -0.3 is 10.6 Å². The average Bonchev–Trinajstić information content (AvgIpc) is 2.41. The van der Waals surface area contributed by atoms with E-state index in [1.165, 1.54) is 12.1 Å². The molecule has 0 bridgehead atoms. The zero-order valence-corrected chi connectivity index (χ0v) is 13.0. The quantitative estimate of drug-likeness (QED) is 0.829. The Morgan fingerprint density at radius 3 is 2.95 bits per heavy atom. The van der Waals surface area contributed by atoms with Crippen molar-refractivity contribution in [3.63, 3.8) is 0 Å². The van der Waals surface area contributed by atoms with E-state index in [0.29, 0.717) is 5.02 Å². The maximum absolute atomic E-state index is 12.4. The number of likely N-dealkylation sites (tertiary alicyclic amines) is 1. The molecule has 1 fully saturated rings. The number of hydrogen-bond acceptors (Lipinski definition) is 4. The molecular formula is C13H20ClN3O2S. The van der Waals surface area contributed by atoms with Gasteiger partial charge in [-0.15, -0.1) is 0 Å². The van der Waals surface area contributed by atoms with Gasteiger partial charge in [-0.3, -0.25) is 0 Å². The molecule has 20 heavy (non-hydrogen) atoms. The molecule has 1 aromatic rings. The lowest BCUT2D eigenvalue weighted by molar-refractivity contribution is 0.211. The zero-order chi connectivity index (χ0) is 14.8. The number of likely N-dealkylation sites (N-methyl/N-ethyl adjacent to an activating group) is 1. The van der Waals surface area contributed by atoms with E-state index in [4.69, 9.17) is 17.3 Å². The van der Waals surface area contributed by atoms with Gasteiger partial charge in [0.1, 0.15) is 4.90 Å². The molecule has 1 heterocycles. The average molecular weight is 318 g/mol. The highest BCUT2D eigenvalue weighted by atomic mass is 35.5. The summed E-state index contributed by atoms with van der Waals surface area (Å²) >= 11 is 5.86. The van der Waals surface area contributed by atoms with Crippen LogP contribution in [-0.2, 0) is 10.0 Å². The van der Waals surface area contributed by atoms with Crippen LogP contribution in [0.1, 0.15) is 19.8 Å². The van der Waals surface area contributed by atoms with Crippen LogP contribution in [0.4, 0.5) is 5.69 Å².